The lowest BCUT2D eigenvalue weighted by Crippen LogP contribution is -2.20. The van der Waals surface area contributed by atoms with Crippen molar-refractivity contribution in [1.29, 1.82) is 0 Å². The Bertz CT molecular complexity index is 971. The second-order valence-electron chi connectivity index (χ2n) is 6.01. The molecule has 1 aromatic carbocycles. The molecule has 2 aromatic heterocycles. The number of anilines is 1. The van der Waals surface area contributed by atoms with Crippen LogP contribution in [-0.4, -0.2) is 21.1 Å². The third kappa shape index (κ3) is 3.82. The van der Waals surface area contributed by atoms with Gasteiger partial charge in [-0.3, -0.25) is 9.36 Å². The van der Waals surface area contributed by atoms with Crippen molar-refractivity contribution < 1.29 is 9.13 Å². The average molecular weight is 356 g/mol. The van der Waals surface area contributed by atoms with E-state index in [0.29, 0.717) is 17.0 Å². The fraction of sp³-hybridized carbons (Fsp3) is 0.316. The van der Waals surface area contributed by atoms with Crippen LogP contribution in [0.5, 0.6) is 11.5 Å². The van der Waals surface area contributed by atoms with E-state index < -0.39 is 11.4 Å². The minimum absolute atomic E-state index is 0.000852. The van der Waals surface area contributed by atoms with E-state index in [1.54, 1.807) is 25.4 Å². The number of ether oxygens (including phenoxy) is 1. The third-order valence-electron chi connectivity index (χ3n) is 4.04. The van der Waals surface area contributed by atoms with E-state index in [1.807, 2.05) is 0 Å². The Morgan fingerprint density at radius 1 is 1.23 bits per heavy atom. The Labute approximate surface area is 150 Å². The summed E-state index contributed by atoms with van der Waals surface area (Å²) in [6.45, 7) is 2.92. The minimum Gasteiger partial charge on any atom is -0.448 e. The number of nitrogens with one attached hydrogen (secondary N) is 1. The van der Waals surface area contributed by atoms with Crippen LogP contribution in [0, 0.1) is 5.82 Å². The van der Waals surface area contributed by atoms with Crippen molar-refractivity contribution in [1.82, 2.24) is 14.5 Å². The van der Waals surface area contributed by atoms with Crippen molar-refractivity contribution in [3.8, 4) is 11.5 Å². The van der Waals surface area contributed by atoms with E-state index in [1.165, 1.54) is 22.8 Å². The highest BCUT2D eigenvalue weighted by atomic mass is 19.1. The van der Waals surface area contributed by atoms with Gasteiger partial charge < -0.3 is 10.1 Å². The molecule has 0 aliphatic carbocycles. The smallest absolute Gasteiger partial charge is 0.294 e. The topological polar surface area (TPSA) is 69.0 Å². The zero-order chi connectivity index (χ0) is 18.5. The van der Waals surface area contributed by atoms with Crippen LogP contribution in [0.15, 0.2) is 41.3 Å². The molecule has 0 saturated carbocycles. The number of aromatic nitrogens is 3. The lowest BCUT2D eigenvalue weighted by Gasteiger charge is -2.11. The van der Waals surface area contributed by atoms with Gasteiger partial charge in [-0.15, -0.1) is 0 Å². The SMILES string of the molecule is CCCCCNc1ncc2cc(Oc3ccccc3F)c(=O)n(C)c2n1. The van der Waals surface area contributed by atoms with Crippen LogP contribution in [-0.2, 0) is 7.05 Å². The molecule has 136 valence electrons. The molecule has 0 bridgehead atoms. The summed E-state index contributed by atoms with van der Waals surface area (Å²) in [5.41, 5.74) is 0.0975. The Hall–Kier alpha value is -2.96. The maximum atomic E-state index is 13.8. The molecule has 3 aromatic rings. The molecule has 0 aliphatic rings. The number of nitrogens with zero attached hydrogens (tertiary/aromatic N) is 3. The number of benzene rings is 1. The summed E-state index contributed by atoms with van der Waals surface area (Å²) in [7, 11) is 1.60. The number of halogens is 1. The van der Waals surface area contributed by atoms with Crippen LogP contribution in [0.4, 0.5) is 10.3 Å². The Morgan fingerprint density at radius 2 is 2.04 bits per heavy atom. The summed E-state index contributed by atoms with van der Waals surface area (Å²) in [5.74, 6) is -0.0275. The minimum atomic E-state index is -0.530. The lowest BCUT2D eigenvalue weighted by molar-refractivity contribution is 0.434. The summed E-state index contributed by atoms with van der Waals surface area (Å²) in [6, 6.07) is 7.48. The van der Waals surface area contributed by atoms with E-state index in [9.17, 15) is 9.18 Å². The average Bonchev–Trinajstić information content (AvgIpc) is 2.65. The molecule has 0 spiro atoms. The lowest BCUT2D eigenvalue weighted by atomic mass is 10.2. The fourth-order valence-corrected chi connectivity index (χ4v) is 2.60. The van der Waals surface area contributed by atoms with E-state index in [2.05, 4.69) is 22.2 Å². The van der Waals surface area contributed by atoms with Crippen LogP contribution in [0.1, 0.15) is 26.2 Å². The molecule has 7 heteroatoms. The van der Waals surface area contributed by atoms with Crippen LogP contribution < -0.4 is 15.6 Å². The largest absolute Gasteiger partial charge is 0.448 e. The molecule has 6 nitrogen and oxygen atoms in total. The maximum absolute atomic E-state index is 13.8. The second-order valence-corrected chi connectivity index (χ2v) is 6.01. The van der Waals surface area contributed by atoms with Crippen molar-refractivity contribution in [2.45, 2.75) is 26.2 Å². The number of hydrogen-bond donors (Lipinski definition) is 1. The Balaban J connectivity index is 1.90. The van der Waals surface area contributed by atoms with Gasteiger partial charge in [-0.2, -0.15) is 4.98 Å². The van der Waals surface area contributed by atoms with Gasteiger partial charge in [0, 0.05) is 25.2 Å². The number of para-hydroxylation sites is 1. The zero-order valence-electron chi connectivity index (χ0n) is 14.8. The number of hydrogen-bond acceptors (Lipinski definition) is 5. The second kappa shape index (κ2) is 7.95. The first-order valence-electron chi connectivity index (χ1n) is 8.63. The van der Waals surface area contributed by atoms with Crippen LogP contribution >= 0.6 is 0 Å². The molecule has 0 aliphatic heterocycles. The summed E-state index contributed by atoms with van der Waals surface area (Å²) in [4.78, 5) is 21.2. The normalized spacial score (nSPS) is 10.9. The number of aryl methyl sites for hydroxylation is 1. The van der Waals surface area contributed by atoms with Crippen molar-refractivity contribution in [2.24, 2.45) is 7.05 Å². The van der Waals surface area contributed by atoms with Gasteiger partial charge >= 0.3 is 0 Å². The van der Waals surface area contributed by atoms with E-state index in [4.69, 9.17) is 4.74 Å². The molecule has 0 saturated heterocycles. The Morgan fingerprint density at radius 3 is 2.81 bits per heavy atom. The first kappa shape index (κ1) is 17.8. The monoisotopic (exact) mass is 356 g/mol. The zero-order valence-corrected chi connectivity index (χ0v) is 14.8. The van der Waals surface area contributed by atoms with Crippen LogP contribution in [0.3, 0.4) is 0 Å². The highest BCUT2D eigenvalue weighted by molar-refractivity contribution is 5.76. The van der Waals surface area contributed by atoms with E-state index in [-0.39, 0.29) is 11.5 Å². The van der Waals surface area contributed by atoms with Crippen LogP contribution in [0.2, 0.25) is 0 Å². The quantitative estimate of drug-likeness (QED) is 0.651. The summed E-state index contributed by atoms with van der Waals surface area (Å²) >= 11 is 0. The molecule has 0 amide bonds. The molecular formula is C19H21FN4O2. The van der Waals surface area contributed by atoms with E-state index >= 15 is 0 Å². The Kier molecular flexibility index (Phi) is 5.46. The predicted molar refractivity (Wildman–Crippen MR) is 99.3 cm³/mol. The molecule has 0 fully saturated rings. The summed E-state index contributed by atoms with van der Waals surface area (Å²) in [5, 5.41) is 3.80. The van der Waals surface area contributed by atoms with Crippen molar-refractivity contribution in [3.05, 3.63) is 52.7 Å². The van der Waals surface area contributed by atoms with Crippen molar-refractivity contribution in [2.75, 3.05) is 11.9 Å². The van der Waals surface area contributed by atoms with Gasteiger partial charge in [0.2, 0.25) is 5.95 Å². The molecule has 1 N–H and O–H groups in total. The maximum Gasteiger partial charge on any atom is 0.294 e. The van der Waals surface area contributed by atoms with Crippen LogP contribution in [0.25, 0.3) is 11.0 Å². The van der Waals surface area contributed by atoms with Gasteiger partial charge in [0.1, 0.15) is 5.65 Å². The van der Waals surface area contributed by atoms with Gasteiger partial charge in [0.05, 0.1) is 0 Å². The number of rotatable bonds is 7. The van der Waals surface area contributed by atoms with Gasteiger partial charge in [-0.1, -0.05) is 31.9 Å². The first-order chi connectivity index (χ1) is 12.6. The number of fused-ring (bicyclic) bond motifs is 1. The van der Waals surface area contributed by atoms with Gasteiger partial charge in [-0.05, 0) is 24.6 Å². The summed E-state index contributed by atoms with van der Waals surface area (Å²) < 4.78 is 20.6. The van der Waals surface area contributed by atoms with Gasteiger partial charge in [0.25, 0.3) is 5.56 Å². The van der Waals surface area contributed by atoms with Gasteiger partial charge in [0.15, 0.2) is 17.3 Å². The molecule has 0 radical (unpaired) electrons. The van der Waals surface area contributed by atoms with Gasteiger partial charge in [-0.25, -0.2) is 9.37 Å². The first-order valence-corrected chi connectivity index (χ1v) is 8.63. The molecule has 0 atom stereocenters. The fourth-order valence-electron chi connectivity index (χ4n) is 2.60. The number of pyridine rings is 1. The molecule has 3 rings (SSSR count). The molecule has 26 heavy (non-hydrogen) atoms. The molecular weight excluding hydrogens is 335 g/mol. The highest BCUT2D eigenvalue weighted by Gasteiger charge is 2.13. The van der Waals surface area contributed by atoms with Crippen molar-refractivity contribution in [3.63, 3.8) is 0 Å². The highest BCUT2D eigenvalue weighted by Crippen LogP contribution is 2.24. The molecule has 0 unspecified atom stereocenters. The third-order valence-corrected chi connectivity index (χ3v) is 4.04. The standard InChI is InChI=1S/C19H21FN4O2/c1-3-4-7-10-21-19-22-12-13-11-16(18(25)24(2)17(13)23-19)26-15-9-6-5-8-14(15)20/h5-6,8-9,11-12H,3-4,7,10H2,1-2H3,(H,21,22,23). The van der Waals surface area contributed by atoms with Crippen molar-refractivity contribution >= 4 is 17.0 Å². The molecule has 2 heterocycles. The summed E-state index contributed by atoms with van der Waals surface area (Å²) in [6.07, 6.45) is 4.93. The predicted octanol–water partition coefficient (Wildman–Crippen LogP) is 3.86. The number of unbranched alkanes of at least 4 members (excludes halogenated alkanes) is 2. The van der Waals surface area contributed by atoms with E-state index in [0.717, 1.165) is 25.8 Å².